The first-order chi connectivity index (χ1) is 9.69. The van der Waals surface area contributed by atoms with Crippen molar-refractivity contribution in [3.05, 3.63) is 11.9 Å². The number of nitrogens with zero attached hydrogens (tertiary/aromatic N) is 2. The van der Waals surface area contributed by atoms with Crippen LogP contribution in [0.15, 0.2) is 11.1 Å². The molecule has 1 aliphatic rings. The van der Waals surface area contributed by atoms with E-state index in [9.17, 15) is 0 Å². The van der Waals surface area contributed by atoms with Gasteiger partial charge in [-0.1, -0.05) is 33.6 Å². The molecule has 0 aliphatic heterocycles. The molecule has 0 unspecified atom stereocenters. The van der Waals surface area contributed by atoms with Crippen molar-refractivity contribution in [2.24, 2.45) is 5.92 Å². The second kappa shape index (κ2) is 7.87. The maximum Gasteiger partial charge on any atom is 0.134 e. The Bertz CT molecular complexity index is 414. The summed E-state index contributed by atoms with van der Waals surface area (Å²) in [5, 5.41) is 4.53. The van der Waals surface area contributed by atoms with E-state index < -0.39 is 0 Å². The highest BCUT2D eigenvalue weighted by molar-refractivity contribution is 7.99. The molecule has 4 heteroatoms. The van der Waals surface area contributed by atoms with Crippen molar-refractivity contribution in [3.8, 4) is 0 Å². The van der Waals surface area contributed by atoms with Crippen LogP contribution in [0.3, 0.4) is 0 Å². The molecule has 0 bridgehead atoms. The van der Waals surface area contributed by atoms with Crippen LogP contribution < -0.4 is 5.32 Å². The van der Waals surface area contributed by atoms with Gasteiger partial charge in [-0.15, -0.1) is 11.8 Å². The van der Waals surface area contributed by atoms with Crippen LogP contribution in [-0.2, 0) is 0 Å². The lowest BCUT2D eigenvalue weighted by Crippen LogP contribution is -2.07. The van der Waals surface area contributed by atoms with Gasteiger partial charge in [0.15, 0.2) is 0 Å². The number of hydrogen-bond donors (Lipinski definition) is 1. The summed E-state index contributed by atoms with van der Waals surface area (Å²) in [7, 11) is 0. The summed E-state index contributed by atoms with van der Waals surface area (Å²) in [6.07, 6.45) is 6.74. The zero-order valence-corrected chi connectivity index (χ0v) is 13.8. The molecule has 1 aromatic rings. The summed E-state index contributed by atoms with van der Waals surface area (Å²) in [5.41, 5.74) is 0. The van der Waals surface area contributed by atoms with Crippen molar-refractivity contribution in [1.82, 2.24) is 9.97 Å². The van der Waals surface area contributed by atoms with E-state index in [1.807, 2.05) is 11.8 Å². The van der Waals surface area contributed by atoms with Crippen LogP contribution in [0.1, 0.15) is 64.6 Å². The van der Waals surface area contributed by atoms with E-state index in [0.29, 0.717) is 5.92 Å². The van der Waals surface area contributed by atoms with Gasteiger partial charge in [0.25, 0.3) is 0 Å². The largest absolute Gasteiger partial charge is 0.370 e. The Labute approximate surface area is 127 Å². The van der Waals surface area contributed by atoms with Gasteiger partial charge in [-0.25, -0.2) is 9.97 Å². The van der Waals surface area contributed by atoms with Crippen LogP contribution >= 0.6 is 11.8 Å². The second-order valence-corrected chi connectivity index (χ2v) is 7.03. The molecule has 2 rings (SSSR count). The van der Waals surface area contributed by atoms with Crippen molar-refractivity contribution in [1.29, 1.82) is 0 Å². The fourth-order valence-corrected chi connectivity index (χ4v) is 3.59. The molecule has 0 amide bonds. The van der Waals surface area contributed by atoms with E-state index >= 15 is 0 Å². The van der Waals surface area contributed by atoms with Crippen molar-refractivity contribution >= 4 is 17.6 Å². The Morgan fingerprint density at radius 1 is 1.30 bits per heavy atom. The van der Waals surface area contributed by atoms with E-state index in [1.54, 1.807) is 0 Å². The van der Waals surface area contributed by atoms with Crippen LogP contribution in [0.5, 0.6) is 0 Å². The molecular weight excluding hydrogens is 266 g/mol. The monoisotopic (exact) mass is 293 g/mol. The van der Waals surface area contributed by atoms with E-state index in [2.05, 4.69) is 37.1 Å². The molecule has 1 aliphatic carbocycles. The predicted molar refractivity (Wildman–Crippen MR) is 87.6 cm³/mol. The predicted octanol–water partition coefficient (Wildman–Crippen LogP) is 4.70. The molecule has 1 N–H and O–H groups in total. The van der Waals surface area contributed by atoms with Crippen LogP contribution in [0.4, 0.5) is 5.82 Å². The molecule has 1 aromatic heterocycles. The summed E-state index contributed by atoms with van der Waals surface area (Å²) in [4.78, 5) is 9.33. The molecule has 0 saturated heterocycles. The van der Waals surface area contributed by atoms with Gasteiger partial charge in [-0.2, -0.15) is 0 Å². The molecule has 1 fully saturated rings. The number of anilines is 1. The van der Waals surface area contributed by atoms with Crippen molar-refractivity contribution in [2.75, 3.05) is 17.6 Å². The standard InChI is InChI=1S/C16H27N3S/c1-4-9-17-14-10-15(19-16(18-14)12(2)3)20-11-13-7-5-6-8-13/h10,12-13H,4-9,11H2,1-3H3,(H,17,18,19). The van der Waals surface area contributed by atoms with Crippen LogP contribution in [-0.4, -0.2) is 22.3 Å². The first-order valence-electron chi connectivity index (χ1n) is 7.94. The quantitative estimate of drug-likeness (QED) is 0.584. The molecule has 1 saturated carbocycles. The normalized spacial score (nSPS) is 16.0. The smallest absolute Gasteiger partial charge is 0.134 e. The summed E-state index contributed by atoms with van der Waals surface area (Å²) < 4.78 is 0. The second-order valence-electron chi connectivity index (χ2n) is 5.99. The van der Waals surface area contributed by atoms with E-state index in [1.165, 1.54) is 31.4 Å². The minimum Gasteiger partial charge on any atom is -0.370 e. The third-order valence-electron chi connectivity index (χ3n) is 3.73. The molecule has 1 heterocycles. The van der Waals surface area contributed by atoms with Gasteiger partial charge < -0.3 is 5.32 Å². The first-order valence-corrected chi connectivity index (χ1v) is 8.93. The van der Waals surface area contributed by atoms with Gasteiger partial charge in [0.1, 0.15) is 16.7 Å². The fraction of sp³-hybridized carbons (Fsp3) is 0.750. The molecular formula is C16H27N3S. The summed E-state index contributed by atoms with van der Waals surface area (Å²) in [6.45, 7) is 7.46. The zero-order chi connectivity index (χ0) is 14.4. The molecule has 0 spiro atoms. The molecule has 112 valence electrons. The van der Waals surface area contributed by atoms with Crippen LogP contribution in [0, 0.1) is 5.92 Å². The van der Waals surface area contributed by atoms with Crippen LogP contribution in [0.2, 0.25) is 0 Å². The maximum atomic E-state index is 4.71. The highest BCUT2D eigenvalue weighted by Crippen LogP contribution is 2.31. The molecule has 20 heavy (non-hydrogen) atoms. The van der Waals surface area contributed by atoms with Gasteiger partial charge in [0, 0.05) is 24.3 Å². The molecule has 0 aromatic carbocycles. The average molecular weight is 293 g/mol. The highest BCUT2D eigenvalue weighted by Gasteiger charge is 2.16. The SMILES string of the molecule is CCCNc1cc(SCC2CCCC2)nc(C(C)C)n1. The molecule has 0 radical (unpaired) electrons. The lowest BCUT2D eigenvalue weighted by atomic mass is 10.1. The maximum absolute atomic E-state index is 4.71. The summed E-state index contributed by atoms with van der Waals surface area (Å²) in [6, 6.07) is 2.11. The van der Waals surface area contributed by atoms with Gasteiger partial charge in [0.2, 0.25) is 0 Å². The number of aromatic nitrogens is 2. The fourth-order valence-electron chi connectivity index (χ4n) is 2.50. The number of rotatable bonds is 7. The Morgan fingerprint density at radius 3 is 2.70 bits per heavy atom. The Kier molecular flexibility index (Phi) is 6.14. The van der Waals surface area contributed by atoms with Gasteiger partial charge in [-0.3, -0.25) is 0 Å². The average Bonchev–Trinajstić information content (AvgIpc) is 2.96. The number of hydrogen-bond acceptors (Lipinski definition) is 4. The Morgan fingerprint density at radius 2 is 2.05 bits per heavy atom. The van der Waals surface area contributed by atoms with Gasteiger partial charge in [0.05, 0.1) is 0 Å². The number of nitrogens with one attached hydrogen (secondary N) is 1. The van der Waals surface area contributed by atoms with E-state index in [-0.39, 0.29) is 0 Å². The third kappa shape index (κ3) is 4.65. The topological polar surface area (TPSA) is 37.8 Å². The molecule has 0 atom stereocenters. The summed E-state index contributed by atoms with van der Waals surface area (Å²) >= 11 is 1.91. The van der Waals surface area contributed by atoms with Crippen LogP contribution in [0.25, 0.3) is 0 Å². The first kappa shape index (κ1) is 15.6. The van der Waals surface area contributed by atoms with E-state index in [0.717, 1.165) is 35.6 Å². The Balaban J connectivity index is 2.02. The minimum atomic E-state index is 0.379. The zero-order valence-electron chi connectivity index (χ0n) is 13.0. The Hall–Kier alpha value is -0.770. The highest BCUT2D eigenvalue weighted by atomic mass is 32.2. The molecule has 3 nitrogen and oxygen atoms in total. The minimum absolute atomic E-state index is 0.379. The van der Waals surface area contributed by atoms with Crippen molar-refractivity contribution in [2.45, 2.75) is 63.8 Å². The van der Waals surface area contributed by atoms with Crippen molar-refractivity contribution < 1.29 is 0 Å². The van der Waals surface area contributed by atoms with E-state index in [4.69, 9.17) is 4.98 Å². The lowest BCUT2D eigenvalue weighted by molar-refractivity contribution is 0.622. The van der Waals surface area contributed by atoms with Crippen molar-refractivity contribution in [3.63, 3.8) is 0 Å². The van der Waals surface area contributed by atoms with Gasteiger partial charge in [-0.05, 0) is 25.2 Å². The third-order valence-corrected chi connectivity index (χ3v) is 4.88. The number of thioether (sulfide) groups is 1. The summed E-state index contributed by atoms with van der Waals surface area (Å²) in [5.74, 6) is 4.43. The lowest BCUT2D eigenvalue weighted by Gasteiger charge is -2.12. The van der Waals surface area contributed by atoms with Gasteiger partial charge >= 0.3 is 0 Å².